The van der Waals surface area contributed by atoms with Crippen LogP contribution in [0, 0.1) is 0 Å². The monoisotopic (exact) mass is 293 g/mol. The number of anilines is 1. The Hall–Kier alpha value is -1.88. The van der Waals surface area contributed by atoms with Crippen molar-refractivity contribution in [2.75, 3.05) is 11.3 Å². The standard InChI is InChI=1S/C7H11N5O4S2/c1-2-16-7(13)12-18(14,15)11-6-4(5(8)17)3-9-10-6/h3H,2H2,1H3,(H2,8,17)(H,12,13)(H2,9,10,11). The summed E-state index contributed by atoms with van der Waals surface area (Å²) >= 11 is 4.69. The fraction of sp³-hybridized carbons (Fsp3) is 0.286. The number of nitrogens with two attached hydrogens (primary N) is 1. The van der Waals surface area contributed by atoms with Crippen molar-refractivity contribution in [3.63, 3.8) is 0 Å². The first-order chi connectivity index (χ1) is 8.35. The Morgan fingerprint density at radius 2 is 2.33 bits per heavy atom. The molecule has 1 amide bonds. The maximum Gasteiger partial charge on any atom is 0.422 e. The van der Waals surface area contributed by atoms with Gasteiger partial charge in [0.1, 0.15) is 10.8 Å². The van der Waals surface area contributed by atoms with E-state index in [-0.39, 0.29) is 23.0 Å². The van der Waals surface area contributed by atoms with E-state index >= 15 is 0 Å². The van der Waals surface area contributed by atoms with Crippen LogP contribution in [0.2, 0.25) is 0 Å². The summed E-state index contributed by atoms with van der Waals surface area (Å²) in [4.78, 5) is 10.9. The second-order valence-electron chi connectivity index (χ2n) is 2.95. The maximum absolute atomic E-state index is 11.5. The van der Waals surface area contributed by atoms with E-state index in [1.165, 1.54) is 6.20 Å². The second-order valence-corrected chi connectivity index (χ2v) is 4.81. The number of H-pyrrole nitrogens is 1. The van der Waals surface area contributed by atoms with E-state index in [1.807, 2.05) is 4.72 Å². The minimum Gasteiger partial charge on any atom is -0.449 e. The minimum absolute atomic E-state index is 0.0423. The predicted molar refractivity (Wildman–Crippen MR) is 67.2 cm³/mol. The third-order valence-corrected chi connectivity index (χ3v) is 2.76. The van der Waals surface area contributed by atoms with Crippen LogP contribution in [0.4, 0.5) is 10.6 Å². The molecule has 0 bridgehead atoms. The van der Waals surface area contributed by atoms with Crippen molar-refractivity contribution in [2.24, 2.45) is 5.73 Å². The molecular formula is C7H11N5O4S2. The summed E-state index contributed by atoms with van der Waals surface area (Å²) < 4.78 is 31.1. The van der Waals surface area contributed by atoms with Crippen molar-refractivity contribution in [1.29, 1.82) is 0 Å². The molecule has 11 heteroatoms. The summed E-state index contributed by atoms with van der Waals surface area (Å²) in [5.41, 5.74) is 5.56. The van der Waals surface area contributed by atoms with Crippen LogP contribution in [0.15, 0.2) is 6.20 Å². The van der Waals surface area contributed by atoms with E-state index in [0.717, 1.165) is 0 Å². The molecule has 0 aliphatic heterocycles. The summed E-state index contributed by atoms with van der Waals surface area (Å²) in [7, 11) is -4.14. The molecule has 0 atom stereocenters. The van der Waals surface area contributed by atoms with Crippen molar-refractivity contribution in [3.05, 3.63) is 11.8 Å². The van der Waals surface area contributed by atoms with Gasteiger partial charge >= 0.3 is 16.3 Å². The lowest BCUT2D eigenvalue weighted by Crippen LogP contribution is -2.36. The minimum atomic E-state index is -4.14. The SMILES string of the molecule is CCOC(=O)NS(=O)(=O)Nc1[nH]ncc1C(N)=S. The van der Waals surface area contributed by atoms with E-state index in [1.54, 1.807) is 11.6 Å². The quantitative estimate of drug-likeness (QED) is 0.534. The first-order valence-corrected chi connectivity index (χ1v) is 6.55. The van der Waals surface area contributed by atoms with E-state index in [0.29, 0.717) is 0 Å². The molecule has 5 N–H and O–H groups in total. The van der Waals surface area contributed by atoms with Gasteiger partial charge in [0.25, 0.3) is 0 Å². The molecule has 0 aromatic carbocycles. The van der Waals surface area contributed by atoms with Crippen LogP contribution in [-0.4, -0.2) is 36.3 Å². The van der Waals surface area contributed by atoms with Gasteiger partial charge in [-0.15, -0.1) is 0 Å². The predicted octanol–water partition coefficient (Wildman–Crippen LogP) is -0.553. The molecule has 9 nitrogen and oxygen atoms in total. The highest BCUT2D eigenvalue weighted by molar-refractivity contribution is 7.91. The van der Waals surface area contributed by atoms with Crippen LogP contribution < -0.4 is 15.2 Å². The molecule has 0 aliphatic carbocycles. The smallest absolute Gasteiger partial charge is 0.422 e. The number of nitrogens with one attached hydrogen (secondary N) is 3. The zero-order valence-corrected chi connectivity index (χ0v) is 10.9. The number of amides is 1. The second kappa shape index (κ2) is 5.64. The van der Waals surface area contributed by atoms with Gasteiger partial charge in [-0.3, -0.25) is 5.10 Å². The van der Waals surface area contributed by atoms with Gasteiger partial charge in [0, 0.05) is 0 Å². The van der Waals surface area contributed by atoms with Gasteiger partial charge in [-0.05, 0) is 6.92 Å². The van der Waals surface area contributed by atoms with E-state index in [4.69, 9.17) is 18.0 Å². The van der Waals surface area contributed by atoms with Gasteiger partial charge in [0.2, 0.25) is 0 Å². The van der Waals surface area contributed by atoms with E-state index in [2.05, 4.69) is 14.9 Å². The molecule has 1 rings (SSSR count). The van der Waals surface area contributed by atoms with Gasteiger partial charge in [-0.2, -0.15) is 13.5 Å². The van der Waals surface area contributed by atoms with Crippen LogP contribution in [0.25, 0.3) is 0 Å². The summed E-state index contributed by atoms with van der Waals surface area (Å²) in [5, 5.41) is 5.93. The van der Waals surface area contributed by atoms with Gasteiger partial charge in [0.15, 0.2) is 0 Å². The van der Waals surface area contributed by atoms with Crippen molar-refractivity contribution >= 4 is 39.3 Å². The summed E-state index contributed by atoms with van der Waals surface area (Å²) in [6, 6.07) is 0. The average Bonchev–Trinajstić information content (AvgIpc) is 2.63. The van der Waals surface area contributed by atoms with Gasteiger partial charge in [0.05, 0.1) is 18.4 Å². The fourth-order valence-electron chi connectivity index (χ4n) is 0.981. The average molecular weight is 293 g/mol. The highest BCUT2D eigenvalue weighted by atomic mass is 32.2. The number of aromatic amines is 1. The van der Waals surface area contributed by atoms with Gasteiger partial charge < -0.3 is 10.5 Å². The number of carbonyl (C=O) groups excluding carboxylic acids is 1. The molecule has 0 fully saturated rings. The first-order valence-electron chi connectivity index (χ1n) is 4.66. The molecule has 0 unspecified atom stereocenters. The van der Waals surface area contributed by atoms with Gasteiger partial charge in [-0.1, -0.05) is 12.2 Å². The molecule has 1 aromatic rings. The van der Waals surface area contributed by atoms with Crippen molar-refractivity contribution in [3.8, 4) is 0 Å². The van der Waals surface area contributed by atoms with Crippen molar-refractivity contribution < 1.29 is 17.9 Å². The summed E-state index contributed by atoms with van der Waals surface area (Å²) in [6.07, 6.45) is 0.159. The molecule has 1 aromatic heterocycles. The Morgan fingerprint density at radius 3 is 2.89 bits per heavy atom. The van der Waals surface area contributed by atoms with E-state index in [9.17, 15) is 13.2 Å². The van der Waals surface area contributed by atoms with Crippen LogP contribution >= 0.6 is 12.2 Å². The summed E-state index contributed by atoms with van der Waals surface area (Å²) in [6.45, 7) is 1.59. The van der Waals surface area contributed by atoms with Crippen LogP contribution in [0.3, 0.4) is 0 Å². The number of thiocarbonyl (C=S) groups is 1. The lowest BCUT2D eigenvalue weighted by molar-refractivity contribution is 0.159. The first kappa shape index (κ1) is 14.2. The Kier molecular flexibility index (Phi) is 4.44. The summed E-state index contributed by atoms with van der Waals surface area (Å²) in [5.74, 6) is -0.0423. The number of aromatic nitrogens is 2. The highest BCUT2D eigenvalue weighted by Gasteiger charge is 2.18. The number of hydrogen-bond donors (Lipinski definition) is 4. The van der Waals surface area contributed by atoms with Crippen LogP contribution in [0.1, 0.15) is 12.5 Å². The number of ether oxygens (including phenoxy) is 1. The molecular weight excluding hydrogens is 282 g/mol. The van der Waals surface area contributed by atoms with Gasteiger partial charge in [-0.25, -0.2) is 14.2 Å². The lowest BCUT2D eigenvalue weighted by atomic mass is 10.3. The topological polar surface area (TPSA) is 139 Å². The lowest BCUT2D eigenvalue weighted by Gasteiger charge is -2.08. The van der Waals surface area contributed by atoms with Crippen LogP contribution in [0.5, 0.6) is 0 Å². The van der Waals surface area contributed by atoms with Crippen molar-refractivity contribution in [1.82, 2.24) is 14.9 Å². The number of rotatable bonds is 5. The third-order valence-electron chi connectivity index (χ3n) is 1.63. The molecule has 1 heterocycles. The largest absolute Gasteiger partial charge is 0.449 e. The maximum atomic E-state index is 11.5. The molecule has 0 aliphatic rings. The molecule has 0 spiro atoms. The van der Waals surface area contributed by atoms with Crippen molar-refractivity contribution in [2.45, 2.75) is 6.92 Å². The molecule has 0 saturated carbocycles. The fourth-order valence-corrected chi connectivity index (χ4v) is 1.89. The number of carbonyl (C=O) groups is 1. The zero-order valence-electron chi connectivity index (χ0n) is 9.26. The molecule has 0 saturated heterocycles. The Morgan fingerprint density at radius 1 is 1.67 bits per heavy atom. The van der Waals surface area contributed by atoms with E-state index < -0.39 is 16.3 Å². The number of hydrogen-bond acceptors (Lipinski definition) is 6. The Labute approximate surface area is 108 Å². The van der Waals surface area contributed by atoms with Crippen LogP contribution in [-0.2, 0) is 14.9 Å². The highest BCUT2D eigenvalue weighted by Crippen LogP contribution is 2.11. The zero-order chi connectivity index (χ0) is 13.8. The Balaban J connectivity index is 2.80. The number of nitrogens with zero attached hydrogens (tertiary/aromatic N) is 1. The molecule has 100 valence electrons. The molecule has 0 radical (unpaired) electrons. The Bertz CT molecular complexity index is 552. The third kappa shape index (κ3) is 3.85. The molecule has 18 heavy (non-hydrogen) atoms. The normalized spacial score (nSPS) is 10.7.